The highest BCUT2D eigenvalue weighted by atomic mass is 16.5. The first kappa shape index (κ1) is 13.6. The molecule has 1 aliphatic rings. The van der Waals surface area contributed by atoms with Crippen LogP contribution in [0.3, 0.4) is 0 Å². The van der Waals surface area contributed by atoms with E-state index in [0.717, 1.165) is 11.3 Å². The van der Waals surface area contributed by atoms with Crippen molar-refractivity contribution in [2.45, 2.75) is 31.5 Å². The first-order valence-corrected chi connectivity index (χ1v) is 6.85. The summed E-state index contributed by atoms with van der Waals surface area (Å²) in [5.41, 5.74) is 1.41. The van der Waals surface area contributed by atoms with Crippen LogP contribution in [0.25, 0.3) is 0 Å². The third kappa shape index (κ3) is 2.26. The van der Waals surface area contributed by atoms with Gasteiger partial charge in [-0.1, -0.05) is 6.07 Å². The summed E-state index contributed by atoms with van der Waals surface area (Å²) in [4.78, 5) is 4.37. The second-order valence-corrected chi connectivity index (χ2v) is 5.75. The molecule has 2 heterocycles. The lowest BCUT2D eigenvalue weighted by Crippen LogP contribution is -2.49. The highest BCUT2D eigenvalue weighted by Gasteiger charge is 2.44. The zero-order valence-corrected chi connectivity index (χ0v) is 11.9. The van der Waals surface area contributed by atoms with Crippen LogP contribution < -0.4 is 4.74 Å². The van der Waals surface area contributed by atoms with Crippen LogP contribution >= 0.6 is 0 Å². The van der Waals surface area contributed by atoms with Gasteiger partial charge in [-0.15, -0.1) is 0 Å². The average molecular weight is 280 g/mol. The highest BCUT2D eigenvalue weighted by molar-refractivity contribution is 5.49. The van der Waals surface area contributed by atoms with E-state index in [1.807, 2.05) is 32.0 Å². The van der Waals surface area contributed by atoms with E-state index in [1.54, 1.807) is 24.4 Å². The lowest BCUT2D eigenvalue weighted by atomic mass is 9.79. The van der Waals surface area contributed by atoms with Gasteiger partial charge >= 0.3 is 0 Å². The number of rotatable bonds is 1. The van der Waals surface area contributed by atoms with Gasteiger partial charge in [-0.25, -0.2) is 0 Å². The molecule has 0 aliphatic carbocycles. The lowest BCUT2D eigenvalue weighted by Gasteiger charge is -2.42. The molecule has 21 heavy (non-hydrogen) atoms. The second-order valence-electron chi connectivity index (χ2n) is 5.75. The van der Waals surface area contributed by atoms with E-state index in [2.05, 4.69) is 11.1 Å². The zero-order chi connectivity index (χ0) is 15.0. The van der Waals surface area contributed by atoms with Crippen molar-refractivity contribution in [2.24, 2.45) is 0 Å². The number of pyridine rings is 1. The average Bonchev–Trinajstić information content (AvgIpc) is 2.49. The molecule has 0 saturated heterocycles. The van der Waals surface area contributed by atoms with E-state index in [0.29, 0.717) is 11.3 Å². The molecule has 3 rings (SSSR count). The quantitative estimate of drug-likeness (QED) is 0.872. The minimum absolute atomic E-state index is 0.307. The van der Waals surface area contributed by atoms with Crippen molar-refractivity contribution >= 4 is 0 Å². The van der Waals surface area contributed by atoms with E-state index in [4.69, 9.17) is 10.00 Å². The fraction of sp³-hybridized carbons (Fsp3) is 0.294. The van der Waals surface area contributed by atoms with Crippen molar-refractivity contribution in [3.05, 3.63) is 59.4 Å². The summed E-state index contributed by atoms with van der Waals surface area (Å²) < 4.78 is 5.90. The first-order chi connectivity index (χ1) is 10.0. The molecule has 0 radical (unpaired) electrons. The Labute approximate surface area is 123 Å². The molecule has 4 nitrogen and oxygen atoms in total. The predicted molar refractivity (Wildman–Crippen MR) is 78.0 cm³/mol. The van der Waals surface area contributed by atoms with Gasteiger partial charge in [0, 0.05) is 11.8 Å². The maximum absolute atomic E-state index is 10.7. The van der Waals surface area contributed by atoms with E-state index in [1.165, 1.54) is 0 Å². The molecule has 1 aliphatic heterocycles. The molecule has 0 saturated carbocycles. The summed E-state index contributed by atoms with van der Waals surface area (Å²) >= 11 is 0. The second kappa shape index (κ2) is 4.87. The SMILES string of the molecule is CC1(C)Oc2ccc(C#N)cc2[C@H](c2ccccn2)[C@@H]1O. The number of nitrogens with zero attached hydrogens (tertiary/aromatic N) is 2. The summed E-state index contributed by atoms with van der Waals surface area (Å²) in [6.07, 6.45) is 0.965. The van der Waals surface area contributed by atoms with Gasteiger partial charge < -0.3 is 9.84 Å². The van der Waals surface area contributed by atoms with Gasteiger partial charge in [-0.05, 0) is 44.2 Å². The van der Waals surface area contributed by atoms with Crippen LogP contribution in [0.1, 0.15) is 36.6 Å². The van der Waals surface area contributed by atoms with E-state index in [-0.39, 0.29) is 5.92 Å². The van der Waals surface area contributed by atoms with Gasteiger partial charge in [-0.2, -0.15) is 5.26 Å². The van der Waals surface area contributed by atoms with Gasteiger partial charge in [0.25, 0.3) is 0 Å². The van der Waals surface area contributed by atoms with Crippen molar-refractivity contribution in [3.8, 4) is 11.8 Å². The highest BCUT2D eigenvalue weighted by Crippen LogP contribution is 2.44. The molecule has 106 valence electrons. The van der Waals surface area contributed by atoms with Crippen molar-refractivity contribution < 1.29 is 9.84 Å². The van der Waals surface area contributed by atoms with E-state index < -0.39 is 11.7 Å². The number of hydrogen-bond donors (Lipinski definition) is 1. The number of fused-ring (bicyclic) bond motifs is 1. The third-order valence-electron chi connectivity index (χ3n) is 3.88. The maximum Gasteiger partial charge on any atom is 0.130 e. The Morgan fingerprint density at radius 3 is 2.76 bits per heavy atom. The zero-order valence-electron chi connectivity index (χ0n) is 11.9. The fourth-order valence-electron chi connectivity index (χ4n) is 2.75. The Morgan fingerprint density at radius 1 is 1.29 bits per heavy atom. The molecule has 0 bridgehead atoms. The van der Waals surface area contributed by atoms with Crippen molar-refractivity contribution in [1.82, 2.24) is 4.98 Å². The van der Waals surface area contributed by atoms with Crippen molar-refractivity contribution in [1.29, 1.82) is 5.26 Å². The van der Waals surface area contributed by atoms with Crippen molar-refractivity contribution in [3.63, 3.8) is 0 Å². The molecule has 1 aromatic heterocycles. The summed E-state index contributed by atoms with van der Waals surface area (Å²) in [6, 6.07) is 13.0. The smallest absolute Gasteiger partial charge is 0.130 e. The summed E-state index contributed by atoms with van der Waals surface area (Å²) in [5.74, 6) is 0.387. The van der Waals surface area contributed by atoms with Crippen LogP contribution in [0.5, 0.6) is 5.75 Å². The molecule has 0 unspecified atom stereocenters. The van der Waals surface area contributed by atoms with Crippen LogP contribution in [0.4, 0.5) is 0 Å². The van der Waals surface area contributed by atoms with Gasteiger partial charge in [0.15, 0.2) is 0 Å². The molecule has 0 fully saturated rings. The van der Waals surface area contributed by atoms with Crippen LogP contribution in [0.2, 0.25) is 0 Å². The molecular weight excluding hydrogens is 264 g/mol. The largest absolute Gasteiger partial charge is 0.485 e. The first-order valence-electron chi connectivity index (χ1n) is 6.85. The monoisotopic (exact) mass is 280 g/mol. The molecule has 0 amide bonds. The molecule has 1 N–H and O–H groups in total. The number of aliphatic hydroxyl groups excluding tert-OH is 1. The third-order valence-corrected chi connectivity index (χ3v) is 3.88. The normalized spacial score (nSPS) is 22.8. The maximum atomic E-state index is 10.7. The number of aromatic nitrogens is 1. The standard InChI is InChI=1S/C17H16N2O2/c1-17(2)16(20)15(13-5-3-4-8-19-13)12-9-11(10-18)6-7-14(12)21-17/h3-9,15-16,20H,1-2H3/t15-,16+/m1/s1. The van der Waals surface area contributed by atoms with Crippen LogP contribution in [-0.4, -0.2) is 21.8 Å². The Bertz CT molecular complexity index is 704. The number of benzene rings is 1. The lowest BCUT2D eigenvalue weighted by molar-refractivity contribution is -0.0518. The Morgan fingerprint density at radius 2 is 2.10 bits per heavy atom. The minimum atomic E-state index is -0.742. The van der Waals surface area contributed by atoms with Gasteiger partial charge in [0.1, 0.15) is 17.5 Å². The number of aliphatic hydroxyl groups is 1. The number of ether oxygens (including phenoxy) is 1. The molecule has 2 aromatic rings. The van der Waals surface area contributed by atoms with Gasteiger partial charge in [-0.3, -0.25) is 4.98 Å². The van der Waals surface area contributed by atoms with Crippen LogP contribution in [0.15, 0.2) is 42.6 Å². The predicted octanol–water partition coefficient (Wildman–Crippen LogP) is 2.62. The van der Waals surface area contributed by atoms with Gasteiger partial charge in [0.05, 0.1) is 23.2 Å². The topological polar surface area (TPSA) is 66.1 Å². The van der Waals surface area contributed by atoms with Crippen molar-refractivity contribution in [2.75, 3.05) is 0 Å². The molecule has 1 aromatic carbocycles. The Balaban J connectivity index is 2.20. The molecular formula is C17H16N2O2. The Hall–Kier alpha value is -2.38. The summed E-state index contributed by atoms with van der Waals surface area (Å²) in [7, 11) is 0. The summed E-state index contributed by atoms with van der Waals surface area (Å²) in [5, 5.41) is 19.8. The summed E-state index contributed by atoms with van der Waals surface area (Å²) in [6.45, 7) is 3.71. The van der Waals surface area contributed by atoms with E-state index in [9.17, 15) is 5.11 Å². The minimum Gasteiger partial charge on any atom is -0.485 e. The number of hydrogen-bond acceptors (Lipinski definition) is 4. The van der Waals surface area contributed by atoms with E-state index >= 15 is 0 Å². The molecule has 0 spiro atoms. The van der Waals surface area contributed by atoms with Gasteiger partial charge in [0.2, 0.25) is 0 Å². The Kier molecular flexibility index (Phi) is 3.15. The fourth-order valence-corrected chi connectivity index (χ4v) is 2.75. The molecule has 4 heteroatoms. The van der Waals surface area contributed by atoms with Crippen LogP contribution in [0, 0.1) is 11.3 Å². The number of nitriles is 1. The van der Waals surface area contributed by atoms with Crippen LogP contribution in [-0.2, 0) is 0 Å². The molecule has 2 atom stereocenters.